The van der Waals surface area contributed by atoms with Gasteiger partial charge in [-0.1, -0.05) is 12.1 Å². The lowest BCUT2D eigenvalue weighted by Gasteiger charge is -2.17. The second-order valence-electron chi connectivity index (χ2n) is 4.19. The molecule has 1 unspecified atom stereocenters. The summed E-state index contributed by atoms with van der Waals surface area (Å²) in [6.45, 7) is 4.81. The minimum Gasteiger partial charge on any atom is -0.352 e. The van der Waals surface area contributed by atoms with Crippen molar-refractivity contribution in [3.8, 4) is 0 Å². The van der Waals surface area contributed by atoms with Gasteiger partial charge in [-0.25, -0.2) is 4.39 Å². The number of hydrogen-bond donors (Lipinski definition) is 1. The molecule has 2 nitrogen and oxygen atoms in total. The fourth-order valence-corrected chi connectivity index (χ4v) is 1.60. The minimum absolute atomic E-state index is 0.170. The molecule has 0 amide bonds. The highest BCUT2D eigenvalue weighted by Gasteiger charge is 2.31. The first-order chi connectivity index (χ1) is 6.57. The monoisotopic (exact) mass is 195 g/mol. The molecule has 1 aliphatic heterocycles. The lowest BCUT2D eigenvalue weighted by atomic mass is 10.1. The van der Waals surface area contributed by atoms with Crippen molar-refractivity contribution >= 4 is 0 Å². The highest BCUT2D eigenvalue weighted by molar-refractivity contribution is 5.19. The molecule has 1 N–H and O–H groups in total. The van der Waals surface area contributed by atoms with Crippen LogP contribution in [0.4, 0.5) is 4.39 Å². The summed E-state index contributed by atoms with van der Waals surface area (Å²) in [4.78, 5) is 0. The lowest BCUT2D eigenvalue weighted by Crippen LogP contribution is -2.23. The summed E-state index contributed by atoms with van der Waals surface area (Å²) < 4.78 is 18.6. The van der Waals surface area contributed by atoms with E-state index < -0.39 is 0 Å². The van der Waals surface area contributed by atoms with Crippen LogP contribution in [0.1, 0.15) is 25.6 Å². The van der Waals surface area contributed by atoms with Gasteiger partial charge in [-0.2, -0.15) is 0 Å². The van der Waals surface area contributed by atoms with E-state index in [0.717, 1.165) is 12.1 Å². The van der Waals surface area contributed by atoms with E-state index in [0.29, 0.717) is 0 Å². The number of nitrogens with one attached hydrogen (secondary N) is 1. The fraction of sp³-hybridized carbons (Fsp3) is 0.455. The van der Waals surface area contributed by atoms with Crippen molar-refractivity contribution in [2.45, 2.75) is 25.7 Å². The number of halogens is 1. The smallest absolute Gasteiger partial charge is 0.135 e. The van der Waals surface area contributed by atoms with Gasteiger partial charge >= 0.3 is 0 Å². The Morgan fingerprint density at radius 2 is 2.29 bits per heavy atom. The van der Waals surface area contributed by atoms with Crippen molar-refractivity contribution in [2.24, 2.45) is 0 Å². The van der Waals surface area contributed by atoms with Crippen LogP contribution in [0.5, 0.6) is 0 Å². The Kier molecular flexibility index (Phi) is 2.29. The van der Waals surface area contributed by atoms with Crippen LogP contribution in [-0.2, 0) is 4.74 Å². The zero-order valence-electron chi connectivity index (χ0n) is 8.38. The zero-order valence-corrected chi connectivity index (χ0v) is 8.38. The third-order valence-electron chi connectivity index (χ3n) is 2.30. The first-order valence-electron chi connectivity index (χ1n) is 4.73. The minimum atomic E-state index is -0.224. The summed E-state index contributed by atoms with van der Waals surface area (Å²) in [6, 6.07) is 6.49. The van der Waals surface area contributed by atoms with Gasteiger partial charge in [-0.3, -0.25) is 5.32 Å². The van der Waals surface area contributed by atoms with Gasteiger partial charge in [0.15, 0.2) is 0 Å². The molecule has 76 valence electrons. The van der Waals surface area contributed by atoms with Gasteiger partial charge in [-0.05, 0) is 31.5 Å². The van der Waals surface area contributed by atoms with Crippen molar-refractivity contribution in [1.29, 1.82) is 0 Å². The Labute approximate surface area is 83.1 Å². The van der Waals surface area contributed by atoms with E-state index in [-0.39, 0.29) is 17.6 Å². The molecule has 0 radical (unpaired) electrons. The molecular formula is C11H14FNO. The van der Waals surface area contributed by atoms with Crippen LogP contribution in [0.15, 0.2) is 24.3 Å². The van der Waals surface area contributed by atoms with E-state index in [2.05, 4.69) is 5.32 Å². The van der Waals surface area contributed by atoms with Crippen LogP contribution < -0.4 is 5.32 Å². The summed E-state index contributed by atoms with van der Waals surface area (Å²) in [5.41, 5.74) is 0.673. The van der Waals surface area contributed by atoms with Crippen LogP contribution in [0.3, 0.4) is 0 Å². The van der Waals surface area contributed by atoms with Crippen molar-refractivity contribution in [3.63, 3.8) is 0 Å². The molecule has 1 aromatic rings. The SMILES string of the molecule is CC1(C)CNC(c2cccc(F)c2)O1. The van der Waals surface area contributed by atoms with Crippen LogP contribution in [0.25, 0.3) is 0 Å². The fourth-order valence-electron chi connectivity index (χ4n) is 1.60. The maximum atomic E-state index is 12.9. The molecule has 1 saturated heterocycles. The normalized spacial score (nSPS) is 25.2. The highest BCUT2D eigenvalue weighted by Crippen LogP contribution is 2.27. The lowest BCUT2D eigenvalue weighted by molar-refractivity contribution is -0.0157. The molecule has 2 rings (SSSR count). The van der Waals surface area contributed by atoms with E-state index in [1.54, 1.807) is 6.07 Å². The quantitative estimate of drug-likeness (QED) is 0.742. The van der Waals surface area contributed by atoms with E-state index in [9.17, 15) is 4.39 Å². The predicted octanol–water partition coefficient (Wildman–Crippen LogP) is 2.22. The summed E-state index contributed by atoms with van der Waals surface area (Å²) in [5.74, 6) is -0.224. The molecule has 0 aliphatic carbocycles. The second kappa shape index (κ2) is 3.33. The Morgan fingerprint density at radius 1 is 1.50 bits per heavy atom. The molecule has 3 heteroatoms. The first-order valence-corrected chi connectivity index (χ1v) is 4.73. The standard InChI is InChI=1S/C11H14FNO/c1-11(2)7-13-10(14-11)8-4-3-5-9(12)6-8/h3-6,10,13H,7H2,1-2H3. The summed E-state index contributed by atoms with van der Waals surface area (Å²) >= 11 is 0. The Hall–Kier alpha value is -0.930. The molecular weight excluding hydrogens is 181 g/mol. The molecule has 0 spiro atoms. The summed E-state index contributed by atoms with van der Waals surface area (Å²) in [6.07, 6.45) is -0.180. The van der Waals surface area contributed by atoms with Gasteiger partial charge in [0, 0.05) is 6.54 Å². The number of hydrogen-bond acceptors (Lipinski definition) is 2. The maximum absolute atomic E-state index is 12.9. The van der Waals surface area contributed by atoms with Crippen molar-refractivity contribution in [1.82, 2.24) is 5.32 Å². The van der Waals surface area contributed by atoms with E-state index >= 15 is 0 Å². The van der Waals surface area contributed by atoms with E-state index in [1.807, 2.05) is 19.9 Å². The van der Waals surface area contributed by atoms with Gasteiger partial charge in [0.2, 0.25) is 0 Å². The first kappa shape index (κ1) is 9.62. The Morgan fingerprint density at radius 3 is 2.86 bits per heavy atom. The highest BCUT2D eigenvalue weighted by atomic mass is 19.1. The van der Waals surface area contributed by atoms with Gasteiger partial charge in [0.1, 0.15) is 12.0 Å². The third kappa shape index (κ3) is 1.94. The molecule has 0 bridgehead atoms. The maximum Gasteiger partial charge on any atom is 0.135 e. The molecule has 0 aromatic heterocycles. The van der Waals surface area contributed by atoms with Crippen LogP contribution >= 0.6 is 0 Å². The topological polar surface area (TPSA) is 21.3 Å². The van der Waals surface area contributed by atoms with E-state index in [4.69, 9.17) is 4.74 Å². The molecule has 1 atom stereocenters. The molecule has 1 fully saturated rings. The van der Waals surface area contributed by atoms with Crippen molar-refractivity contribution in [3.05, 3.63) is 35.6 Å². The van der Waals surface area contributed by atoms with Crippen LogP contribution in [0, 0.1) is 5.82 Å². The van der Waals surface area contributed by atoms with Crippen molar-refractivity contribution in [2.75, 3.05) is 6.54 Å². The van der Waals surface area contributed by atoms with Gasteiger partial charge < -0.3 is 4.74 Å². The average molecular weight is 195 g/mol. The third-order valence-corrected chi connectivity index (χ3v) is 2.30. The number of ether oxygens (including phenoxy) is 1. The van der Waals surface area contributed by atoms with Gasteiger partial charge in [0.25, 0.3) is 0 Å². The van der Waals surface area contributed by atoms with Crippen LogP contribution in [0.2, 0.25) is 0 Å². The second-order valence-corrected chi connectivity index (χ2v) is 4.19. The zero-order chi connectivity index (χ0) is 10.2. The van der Waals surface area contributed by atoms with Crippen molar-refractivity contribution < 1.29 is 9.13 Å². The largest absolute Gasteiger partial charge is 0.352 e. The summed E-state index contributed by atoms with van der Waals surface area (Å²) in [7, 11) is 0. The van der Waals surface area contributed by atoms with Crippen LogP contribution in [-0.4, -0.2) is 12.1 Å². The van der Waals surface area contributed by atoms with Gasteiger partial charge in [-0.15, -0.1) is 0 Å². The predicted molar refractivity (Wildman–Crippen MR) is 52.3 cm³/mol. The Bertz CT molecular complexity index is 338. The molecule has 1 heterocycles. The Balaban J connectivity index is 2.17. The molecule has 0 saturated carbocycles. The van der Waals surface area contributed by atoms with E-state index in [1.165, 1.54) is 12.1 Å². The number of rotatable bonds is 1. The molecule has 1 aromatic carbocycles. The number of benzene rings is 1. The average Bonchev–Trinajstić information content (AvgIpc) is 2.46. The molecule has 14 heavy (non-hydrogen) atoms. The summed E-state index contributed by atoms with van der Waals surface area (Å²) in [5, 5.41) is 3.20. The molecule has 1 aliphatic rings. The van der Waals surface area contributed by atoms with Gasteiger partial charge in [0.05, 0.1) is 5.60 Å².